The number of sulfonamides is 1. The fourth-order valence-corrected chi connectivity index (χ4v) is 5.99. The SMILES string of the molecule is Cc1ccc(S(=O)(=O)N2C(=O)CC(c3ccccc3)c3c2n(C)c2ccccc32)cc1. The van der Waals surface area contributed by atoms with Gasteiger partial charge in [0.15, 0.2) is 0 Å². The Morgan fingerprint density at radius 1 is 0.871 bits per heavy atom. The average Bonchev–Trinajstić information content (AvgIpc) is 3.06. The molecule has 156 valence electrons. The van der Waals surface area contributed by atoms with E-state index in [2.05, 4.69) is 0 Å². The van der Waals surface area contributed by atoms with Gasteiger partial charge in [0.2, 0.25) is 5.91 Å². The van der Waals surface area contributed by atoms with Crippen LogP contribution in [-0.4, -0.2) is 18.9 Å². The second-order valence-corrected chi connectivity index (χ2v) is 9.74. The zero-order valence-corrected chi connectivity index (χ0v) is 18.1. The van der Waals surface area contributed by atoms with Gasteiger partial charge in [0.1, 0.15) is 5.82 Å². The summed E-state index contributed by atoms with van der Waals surface area (Å²) in [7, 11) is -2.24. The van der Waals surface area contributed by atoms with Crippen LogP contribution in [0, 0.1) is 6.92 Å². The summed E-state index contributed by atoms with van der Waals surface area (Å²) in [6.45, 7) is 1.90. The molecule has 0 spiro atoms. The third-order valence-corrected chi connectivity index (χ3v) is 7.75. The fourth-order valence-electron chi connectivity index (χ4n) is 4.51. The summed E-state index contributed by atoms with van der Waals surface area (Å²) in [6.07, 6.45) is 0.0934. The molecule has 5 nitrogen and oxygen atoms in total. The number of amides is 1. The Balaban J connectivity index is 1.80. The third kappa shape index (κ3) is 2.98. The molecule has 1 unspecified atom stereocenters. The Morgan fingerprint density at radius 3 is 2.23 bits per heavy atom. The first-order valence-electron chi connectivity index (χ1n) is 10.2. The van der Waals surface area contributed by atoms with Crippen molar-refractivity contribution in [3.63, 3.8) is 0 Å². The summed E-state index contributed by atoms with van der Waals surface area (Å²) < 4.78 is 30.1. The molecule has 6 heteroatoms. The molecule has 1 amide bonds. The van der Waals surface area contributed by atoms with Crippen LogP contribution in [0.4, 0.5) is 5.82 Å². The van der Waals surface area contributed by atoms with Crippen LogP contribution in [0.15, 0.2) is 83.8 Å². The molecule has 0 saturated heterocycles. The van der Waals surface area contributed by atoms with Gasteiger partial charge in [-0.25, -0.2) is 8.42 Å². The third-order valence-electron chi connectivity index (χ3n) is 6.02. The Morgan fingerprint density at radius 2 is 1.52 bits per heavy atom. The Bertz CT molecular complexity index is 1400. The Kier molecular flexibility index (Phi) is 4.48. The minimum absolute atomic E-state index is 0.0934. The number of benzene rings is 3. The number of carbonyl (C=O) groups excluding carboxylic acids is 1. The molecule has 1 aromatic heterocycles. The summed E-state index contributed by atoms with van der Waals surface area (Å²) in [5.41, 5.74) is 3.73. The maximum absolute atomic E-state index is 13.6. The minimum atomic E-state index is -4.05. The predicted molar refractivity (Wildman–Crippen MR) is 122 cm³/mol. The van der Waals surface area contributed by atoms with Crippen molar-refractivity contribution in [2.75, 3.05) is 4.31 Å². The Labute approximate surface area is 181 Å². The van der Waals surface area contributed by atoms with Crippen molar-refractivity contribution < 1.29 is 13.2 Å². The lowest BCUT2D eigenvalue weighted by atomic mass is 9.85. The van der Waals surface area contributed by atoms with E-state index in [1.807, 2.05) is 73.1 Å². The number of anilines is 1. The smallest absolute Gasteiger partial charge is 0.272 e. The highest BCUT2D eigenvalue weighted by atomic mass is 32.2. The van der Waals surface area contributed by atoms with Crippen molar-refractivity contribution in [2.24, 2.45) is 7.05 Å². The van der Waals surface area contributed by atoms with Crippen LogP contribution in [0.25, 0.3) is 10.9 Å². The molecule has 1 atom stereocenters. The van der Waals surface area contributed by atoms with Gasteiger partial charge in [-0.2, -0.15) is 4.31 Å². The number of aryl methyl sites for hydroxylation is 2. The molecule has 0 radical (unpaired) electrons. The van der Waals surface area contributed by atoms with Crippen LogP contribution < -0.4 is 4.31 Å². The van der Waals surface area contributed by atoms with Gasteiger partial charge in [0, 0.05) is 35.9 Å². The van der Waals surface area contributed by atoms with Gasteiger partial charge >= 0.3 is 0 Å². The molecule has 31 heavy (non-hydrogen) atoms. The van der Waals surface area contributed by atoms with Gasteiger partial charge in [-0.1, -0.05) is 66.2 Å². The normalized spacial score (nSPS) is 16.5. The molecule has 4 aromatic rings. The van der Waals surface area contributed by atoms with Gasteiger partial charge < -0.3 is 4.57 Å². The number of hydrogen-bond donors (Lipinski definition) is 0. The number of fused-ring (bicyclic) bond motifs is 3. The summed E-state index contributed by atoms with van der Waals surface area (Å²) in [4.78, 5) is 13.5. The van der Waals surface area contributed by atoms with Gasteiger partial charge in [-0.05, 0) is 30.7 Å². The van der Waals surface area contributed by atoms with Gasteiger partial charge in [-0.3, -0.25) is 4.79 Å². The minimum Gasteiger partial charge on any atom is -0.329 e. The fraction of sp³-hybridized carbons (Fsp3) is 0.160. The first kappa shape index (κ1) is 19.6. The molecule has 0 bridgehead atoms. The quantitative estimate of drug-likeness (QED) is 0.472. The summed E-state index contributed by atoms with van der Waals surface area (Å²) in [5, 5.41) is 0.963. The van der Waals surface area contributed by atoms with E-state index in [4.69, 9.17) is 0 Å². The van der Waals surface area contributed by atoms with Crippen molar-refractivity contribution in [2.45, 2.75) is 24.2 Å². The number of para-hydroxylation sites is 1. The lowest BCUT2D eigenvalue weighted by molar-refractivity contribution is -0.118. The highest BCUT2D eigenvalue weighted by Crippen LogP contribution is 2.47. The maximum Gasteiger partial charge on any atom is 0.272 e. The highest BCUT2D eigenvalue weighted by molar-refractivity contribution is 7.93. The molecule has 5 rings (SSSR count). The molecular weight excluding hydrogens is 408 g/mol. The summed E-state index contributed by atoms with van der Waals surface area (Å²) >= 11 is 0. The van der Waals surface area contributed by atoms with E-state index in [1.165, 1.54) is 0 Å². The van der Waals surface area contributed by atoms with Crippen LogP contribution in [0.5, 0.6) is 0 Å². The van der Waals surface area contributed by atoms with Crippen molar-refractivity contribution in [1.82, 2.24) is 4.57 Å². The second kappa shape index (κ2) is 7.10. The largest absolute Gasteiger partial charge is 0.329 e. The number of rotatable bonds is 3. The van der Waals surface area contributed by atoms with Crippen LogP contribution >= 0.6 is 0 Å². The molecular formula is C25H22N2O3S. The number of aromatic nitrogens is 1. The molecule has 0 saturated carbocycles. The monoisotopic (exact) mass is 430 g/mol. The van der Waals surface area contributed by atoms with Crippen LogP contribution in [0.3, 0.4) is 0 Å². The molecule has 0 N–H and O–H groups in total. The molecule has 2 heterocycles. The second-order valence-electron chi connectivity index (χ2n) is 7.96. The standard InChI is InChI=1S/C25H22N2O3S/c1-17-12-14-19(15-13-17)31(29,30)27-23(28)16-21(18-8-4-3-5-9-18)24-20-10-6-7-11-22(20)26(2)25(24)27/h3-15,21H,16H2,1-2H3. The van der Waals surface area contributed by atoms with E-state index in [-0.39, 0.29) is 17.2 Å². The molecule has 1 aliphatic heterocycles. The number of carbonyl (C=O) groups is 1. The summed E-state index contributed by atoms with van der Waals surface area (Å²) in [6, 6.07) is 24.2. The zero-order chi connectivity index (χ0) is 21.8. The van der Waals surface area contributed by atoms with E-state index in [9.17, 15) is 13.2 Å². The lowest BCUT2D eigenvalue weighted by Crippen LogP contribution is -2.42. The van der Waals surface area contributed by atoms with Crippen LogP contribution in [0.2, 0.25) is 0 Å². The van der Waals surface area contributed by atoms with Gasteiger partial charge in [0.25, 0.3) is 10.0 Å². The molecule has 0 fully saturated rings. The highest BCUT2D eigenvalue weighted by Gasteiger charge is 2.43. The van der Waals surface area contributed by atoms with Crippen LogP contribution in [0.1, 0.15) is 29.0 Å². The predicted octanol–water partition coefficient (Wildman–Crippen LogP) is 4.74. The van der Waals surface area contributed by atoms with Crippen molar-refractivity contribution in [1.29, 1.82) is 0 Å². The van der Waals surface area contributed by atoms with Gasteiger partial charge in [-0.15, -0.1) is 0 Å². The maximum atomic E-state index is 13.6. The van der Waals surface area contributed by atoms with E-state index in [0.29, 0.717) is 5.82 Å². The first-order valence-corrected chi connectivity index (χ1v) is 11.6. The number of nitrogens with zero attached hydrogens (tertiary/aromatic N) is 2. The number of hydrogen-bond acceptors (Lipinski definition) is 3. The van der Waals surface area contributed by atoms with Crippen LogP contribution in [-0.2, 0) is 21.9 Å². The van der Waals surface area contributed by atoms with Crippen molar-refractivity contribution in [3.05, 3.63) is 95.6 Å². The van der Waals surface area contributed by atoms with E-state index in [0.717, 1.165) is 31.9 Å². The summed E-state index contributed by atoms with van der Waals surface area (Å²) in [5.74, 6) is -0.209. The average molecular weight is 431 g/mol. The zero-order valence-electron chi connectivity index (χ0n) is 17.3. The molecule has 3 aromatic carbocycles. The molecule has 1 aliphatic rings. The molecule has 0 aliphatic carbocycles. The Hall–Kier alpha value is -3.38. The topological polar surface area (TPSA) is 59.4 Å². The van der Waals surface area contributed by atoms with Gasteiger partial charge in [0.05, 0.1) is 4.90 Å². The first-order chi connectivity index (χ1) is 14.9. The van der Waals surface area contributed by atoms with E-state index >= 15 is 0 Å². The van der Waals surface area contributed by atoms with E-state index < -0.39 is 15.9 Å². The van der Waals surface area contributed by atoms with E-state index in [1.54, 1.807) is 24.3 Å². The lowest BCUT2D eigenvalue weighted by Gasteiger charge is -2.32. The van der Waals surface area contributed by atoms with Crippen molar-refractivity contribution in [3.8, 4) is 0 Å². The van der Waals surface area contributed by atoms with Crippen molar-refractivity contribution >= 4 is 32.7 Å².